The van der Waals surface area contributed by atoms with Gasteiger partial charge in [-0.2, -0.15) is 0 Å². The maximum atomic E-state index is 11.1. The molecule has 2 rings (SSSR count). The lowest BCUT2D eigenvalue weighted by Gasteiger charge is -2.00. The van der Waals surface area contributed by atoms with Crippen LogP contribution in [0.1, 0.15) is 22.8 Å². The molecule has 78 valence electrons. The van der Waals surface area contributed by atoms with Crippen molar-refractivity contribution < 1.29 is 9.90 Å². The molecule has 15 heavy (non-hydrogen) atoms. The summed E-state index contributed by atoms with van der Waals surface area (Å²) in [5, 5.41) is 9.97. The lowest BCUT2D eigenvalue weighted by Crippen LogP contribution is -1.97. The topological polar surface area (TPSA) is 42.2 Å². The highest BCUT2D eigenvalue weighted by Gasteiger charge is 2.13. The van der Waals surface area contributed by atoms with Crippen LogP contribution >= 0.6 is 0 Å². The van der Waals surface area contributed by atoms with Crippen LogP contribution in [0.5, 0.6) is 0 Å². The van der Waals surface area contributed by atoms with E-state index in [2.05, 4.69) is 0 Å². The molecule has 0 atom stereocenters. The number of aryl methyl sites for hydroxylation is 2. The zero-order valence-corrected chi connectivity index (χ0v) is 8.82. The van der Waals surface area contributed by atoms with E-state index >= 15 is 0 Å². The summed E-state index contributed by atoms with van der Waals surface area (Å²) in [6.45, 7) is 2.04. The second-order valence-electron chi connectivity index (χ2n) is 3.62. The number of carbonyl (C=O) groups is 1. The molecular weight excluding hydrogens is 190 g/mol. The number of hydrogen-bond donors (Lipinski definition) is 1. The van der Waals surface area contributed by atoms with Crippen LogP contribution in [-0.2, 0) is 13.5 Å². The highest BCUT2D eigenvalue weighted by Crippen LogP contribution is 2.24. The Morgan fingerprint density at radius 3 is 2.80 bits per heavy atom. The quantitative estimate of drug-likeness (QED) is 0.814. The molecule has 1 aromatic heterocycles. The summed E-state index contributed by atoms with van der Waals surface area (Å²) in [5.74, 6) is -0.860. The summed E-state index contributed by atoms with van der Waals surface area (Å²) >= 11 is 0. The number of carboxylic acids is 1. The average molecular weight is 203 g/mol. The molecule has 0 amide bonds. The first-order valence-electron chi connectivity index (χ1n) is 4.95. The van der Waals surface area contributed by atoms with Crippen LogP contribution in [0.4, 0.5) is 0 Å². The van der Waals surface area contributed by atoms with Gasteiger partial charge in [0.05, 0.1) is 5.56 Å². The van der Waals surface area contributed by atoms with E-state index in [9.17, 15) is 4.79 Å². The fourth-order valence-electron chi connectivity index (χ4n) is 1.99. The number of carboxylic acid groups (broad SMARTS) is 1. The summed E-state index contributed by atoms with van der Waals surface area (Å²) in [7, 11) is 1.94. The molecule has 0 radical (unpaired) electrons. The lowest BCUT2D eigenvalue weighted by molar-refractivity contribution is 0.0699. The van der Waals surface area contributed by atoms with Crippen LogP contribution in [0.3, 0.4) is 0 Å². The summed E-state index contributed by atoms with van der Waals surface area (Å²) in [6.07, 6.45) is 2.85. The molecule has 1 N–H and O–H groups in total. The minimum atomic E-state index is -0.860. The Kier molecular flexibility index (Phi) is 2.23. The van der Waals surface area contributed by atoms with E-state index in [1.165, 1.54) is 0 Å². The molecule has 1 aromatic carbocycles. The van der Waals surface area contributed by atoms with Gasteiger partial charge in [-0.05, 0) is 24.1 Å². The second kappa shape index (κ2) is 3.42. The third kappa shape index (κ3) is 1.40. The first-order chi connectivity index (χ1) is 7.15. The van der Waals surface area contributed by atoms with Gasteiger partial charge in [0.1, 0.15) is 0 Å². The Morgan fingerprint density at radius 1 is 1.47 bits per heavy atom. The average Bonchev–Trinajstić information content (AvgIpc) is 2.55. The van der Waals surface area contributed by atoms with E-state index in [4.69, 9.17) is 5.11 Å². The van der Waals surface area contributed by atoms with E-state index in [-0.39, 0.29) is 0 Å². The van der Waals surface area contributed by atoms with E-state index in [0.717, 1.165) is 22.9 Å². The number of nitrogens with zero attached hydrogens (tertiary/aromatic N) is 1. The molecule has 3 nitrogen and oxygen atoms in total. The molecule has 2 aromatic rings. The molecule has 0 fully saturated rings. The summed E-state index contributed by atoms with van der Waals surface area (Å²) in [4.78, 5) is 11.1. The number of fused-ring (bicyclic) bond motifs is 1. The van der Waals surface area contributed by atoms with Gasteiger partial charge in [0.25, 0.3) is 0 Å². The maximum Gasteiger partial charge on any atom is 0.336 e. The Balaban J connectivity index is 2.88. The maximum absolute atomic E-state index is 11.1. The van der Waals surface area contributed by atoms with Crippen LogP contribution in [0.2, 0.25) is 0 Å². The number of rotatable bonds is 2. The molecule has 1 heterocycles. The highest BCUT2D eigenvalue weighted by atomic mass is 16.4. The smallest absolute Gasteiger partial charge is 0.336 e. The van der Waals surface area contributed by atoms with Gasteiger partial charge in [-0.3, -0.25) is 0 Å². The minimum absolute atomic E-state index is 0.393. The van der Waals surface area contributed by atoms with Crippen molar-refractivity contribution in [2.24, 2.45) is 7.05 Å². The third-order valence-corrected chi connectivity index (χ3v) is 2.70. The SMILES string of the molecule is CCc1cn(C)c2cccc(C(=O)O)c12. The first-order valence-corrected chi connectivity index (χ1v) is 4.95. The van der Waals surface area contributed by atoms with Crippen LogP contribution in [-0.4, -0.2) is 15.6 Å². The molecule has 3 heteroatoms. The standard InChI is InChI=1S/C12H13NO2/c1-3-8-7-13(2)10-6-4-5-9(11(8)10)12(14)15/h4-7H,3H2,1-2H3,(H,14,15). The van der Waals surface area contributed by atoms with Crippen LogP contribution < -0.4 is 0 Å². The van der Waals surface area contributed by atoms with Gasteiger partial charge in [0.15, 0.2) is 0 Å². The molecule has 0 saturated heterocycles. The van der Waals surface area contributed by atoms with E-state index in [1.54, 1.807) is 12.1 Å². The molecule has 0 spiro atoms. The molecular formula is C12H13NO2. The lowest BCUT2D eigenvalue weighted by atomic mass is 10.1. The normalized spacial score (nSPS) is 10.8. The van der Waals surface area contributed by atoms with Gasteiger partial charge in [0, 0.05) is 24.1 Å². The predicted molar refractivity (Wildman–Crippen MR) is 59.3 cm³/mol. The van der Waals surface area contributed by atoms with E-state index in [1.807, 2.05) is 30.8 Å². The highest BCUT2D eigenvalue weighted by molar-refractivity contribution is 6.04. The Hall–Kier alpha value is -1.77. The van der Waals surface area contributed by atoms with Gasteiger partial charge in [-0.1, -0.05) is 13.0 Å². The van der Waals surface area contributed by atoms with Crippen molar-refractivity contribution in [2.75, 3.05) is 0 Å². The van der Waals surface area contributed by atoms with Gasteiger partial charge < -0.3 is 9.67 Å². The van der Waals surface area contributed by atoms with Crippen LogP contribution in [0.15, 0.2) is 24.4 Å². The molecule has 0 aliphatic rings. The summed E-state index contributed by atoms with van der Waals surface area (Å²) in [6, 6.07) is 5.38. The minimum Gasteiger partial charge on any atom is -0.478 e. The number of benzene rings is 1. The van der Waals surface area contributed by atoms with Gasteiger partial charge in [-0.15, -0.1) is 0 Å². The predicted octanol–water partition coefficient (Wildman–Crippen LogP) is 2.44. The number of aromatic nitrogens is 1. The first kappa shape index (κ1) is 9.77. The molecule has 0 aliphatic heterocycles. The van der Waals surface area contributed by atoms with Crippen LogP contribution in [0.25, 0.3) is 10.9 Å². The van der Waals surface area contributed by atoms with Gasteiger partial charge >= 0.3 is 5.97 Å². The Labute approximate surface area is 87.9 Å². The van der Waals surface area contributed by atoms with Crippen molar-refractivity contribution >= 4 is 16.9 Å². The van der Waals surface area contributed by atoms with Crippen molar-refractivity contribution in [3.63, 3.8) is 0 Å². The number of hydrogen-bond acceptors (Lipinski definition) is 1. The fourth-order valence-corrected chi connectivity index (χ4v) is 1.99. The van der Waals surface area contributed by atoms with Crippen LogP contribution in [0, 0.1) is 0 Å². The molecule has 0 saturated carbocycles. The zero-order valence-electron chi connectivity index (χ0n) is 8.82. The Bertz CT molecular complexity index is 526. The zero-order chi connectivity index (χ0) is 11.0. The van der Waals surface area contributed by atoms with Crippen molar-refractivity contribution in [1.29, 1.82) is 0 Å². The van der Waals surface area contributed by atoms with Gasteiger partial charge in [-0.25, -0.2) is 4.79 Å². The van der Waals surface area contributed by atoms with Crippen molar-refractivity contribution in [2.45, 2.75) is 13.3 Å². The summed E-state index contributed by atoms with van der Waals surface area (Å²) < 4.78 is 1.97. The largest absolute Gasteiger partial charge is 0.478 e. The number of aromatic carboxylic acids is 1. The molecule has 0 bridgehead atoms. The van der Waals surface area contributed by atoms with E-state index < -0.39 is 5.97 Å². The third-order valence-electron chi connectivity index (χ3n) is 2.70. The monoisotopic (exact) mass is 203 g/mol. The second-order valence-corrected chi connectivity index (χ2v) is 3.62. The molecule has 0 unspecified atom stereocenters. The van der Waals surface area contributed by atoms with Crippen molar-refractivity contribution in [3.05, 3.63) is 35.5 Å². The summed E-state index contributed by atoms with van der Waals surface area (Å²) in [5.41, 5.74) is 2.46. The van der Waals surface area contributed by atoms with E-state index in [0.29, 0.717) is 5.56 Å². The van der Waals surface area contributed by atoms with Gasteiger partial charge in [0.2, 0.25) is 0 Å². The van der Waals surface area contributed by atoms with Crippen molar-refractivity contribution in [3.8, 4) is 0 Å². The Morgan fingerprint density at radius 2 is 2.20 bits per heavy atom. The molecule has 0 aliphatic carbocycles. The fraction of sp³-hybridized carbons (Fsp3) is 0.250. The van der Waals surface area contributed by atoms with Crippen molar-refractivity contribution in [1.82, 2.24) is 4.57 Å².